The van der Waals surface area contributed by atoms with Crippen LogP contribution in [0.4, 0.5) is 13.6 Å². The predicted molar refractivity (Wildman–Crippen MR) is 150 cm³/mol. The number of morpholine rings is 1. The lowest BCUT2D eigenvalue weighted by atomic mass is 9.93. The second kappa shape index (κ2) is 12.5. The van der Waals surface area contributed by atoms with Gasteiger partial charge in [0.05, 0.1) is 32.5 Å². The van der Waals surface area contributed by atoms with Gasteiger partial charge in [-0.1, -0.05) is 24.3 Å². The van der Waals surface area contributed by atoms with Crippen LogP contribution in [0.25, 0.3) is 0 Å². The van der Waals surface area contributed by atoms with Gasteiger partial charge in [-0.2, -0.15) is 5.01 Å². The van der Waals surface area contributed by atoms with Crippen LogP contribution in [-0.4, -0.2) is 79.0 Å². The van der Waals surface area contributed by atoms with Crippen molar-refractivity contribution in [2.75, 3.05) is 39.6 Å². The summed E-state index contributed by atoms with van der Waals surface area (Å²) < 4.78 is 57.7. The Balaban J connectivity index is 1.53. The molecule has 0 bridgehead atoms. The SMILES string of the molecule is CCOC(=O)OC(C)O/C1=C2\C(=O)N3CCOC[C@H]3N([C@@H]3c4ccccc4SCc4c3ccc(F)c4F)N2/C=C\COC1. The number of halogens is 2. The van der Waals surface area contributed by atoms with Crippen LogP contribution in [0.2, 0.25) is 0 Å². The van der Waals surface area contributed by atoms with Gasteiger partial charge < -0.3 is 28.6 Å². The highest BCUT2D eigenvalue weighted by Gasteiger charge is 2.49. The molecule has 0 saturated carbocycles. The highest BCUT2D eigenvalue weighted by molar-refractivity contribution is 7.98. The van der Waals surface area contributed by atoms with Crippen LogP contribution in [-0.2, 0) is 34.2 Å². The zero-order valence-electron chi connectivity index (χ0n) is 23.7. The third-order valence-electron chi connectivity index (χ3n) is 7.52. The minimum atomic E-state index is -1.10. The Hall–Kier alpha value is -3.65. The number of thioether (sulfide) groups is 1. The second-order valence-electron chi connectivity index (χ2n) is 10.1. The van der Waals surface area contributed by atoms with Gasteiger partial charge in [-0.15, -0.1) is 11.8 Å². The third-order valence-corrected chi connectivity index (χ3v) is 8.63. The number of amides is 1. The number of hydrogen-bond acceptors (Lipinski definition) is 10. The molecule has 43 heavy (non-hydrogen) atoms. The van der Waals surface area contributed by atoms with E-state index >= 15 is 4.39 Å². The molecule has 3 atom stereocenters. The van der Waals surface area contributed by atoms with Crippen molar-refractivity contribution in [3.8, 4) is 0 Å². The van der Waals surface area contributed by atoms with Crippen molar-refractivity contribution < 1.29 is 42.1 Å². The maximum absolute atomic E-state index is 15.4. The lowest BCUT2D eigenvalue weighted by molar-refractivity contribution is -0.191. The molecule has 13 heteroatoms. The summed E-state index contributed by atoms with van der Waals surface area (Å²) in [4.78, 5) is 28.8. The van der Waals surface area contributed by atoms with Gasteiger partial charge in [-0.25, -0.2) is 13.6 Å². The van der Waals surface area contributed by atoms with Gasteiger partial charge in [0, 0.05) is 35.9 Å². The summed E-state index contributed by atoms with van der Waals surface area (Å²) in [5.74, 6) is -1.78. The summed E-state index contributed by atoms with van der Waals surface area (Å²) in [6.45, 7) is 4.20. The quantitative estimate of drug-likeness (QED) is 0.349. The van der Waals surface area contributed by atoms with Crippen molar-refractivity contribution in [2.24, 2.45) is 0 Å². The largest absolute Gasteiger partial charge is 0.511 e. The van der Waals surface area contributed by atoms with E-state index in [1.807, 2.05) is 29.3 Å². The van der Waals surface area contributed by atoms with Crippen LogP contribution in [0.1, 0.15) is 36.6 Å². The highest BCUT2D eigenvalue weighted by atomic mass is 32.2. The minimum absolute atomic E-state index is 0.0885. The molecule has 1 amide bonds. The molecule has 6 rings (SSSR count). The number of carbonyl (C=O) groups excluding carboxylic acids is 2. The van der Waals surface area contributed by atoms with Crippen LogP contribution in [0.3, 0.4) is 0 Å². The number of hydrazine groups is 1. The molecule has 0 spiro atoms. The van der Waals surface area contributed by atoms with Gasteiger partial charge in [-0.3, -0.25) is 9.80 Å². The van der Waals surface area contributed by atoms with Crippen LogP contribution in [0.5, 0.6) is 0 Å². The molecule has 0 aromatic heterocycles. The van der Waals surface area contributed by atoms with Crippen LogP contribution in [0.15, 0.2) is 65.0 Å². The van der Waals surface area contributed by atoms with E-state index in [0.717, 1.165) is 16.5 Å². The maximum atomic E-state index is 15.4. The van der Waals surface area contributed by atoms with E-state index in [4.69, 9.17) is 23.7 Å². The number of rotatable bonds is 5. The lowest BCUT2D eigenvalue weighted by Crippen LogP contribution is -2.67. The molecule has 2 aromatic rings. The highest BCUT2D eigenvalue weighted by Crippen LogP contribution is 2.47. The summed E-state index contributed by atoms with van der Waals surface area (Å²) in [5, 5.41) is 3.65. The Labute approximate surface area is 251 Å². The minimum Gasteiger partial charge on any atom is -0.454 e. The van der Waals surface area contributed by atoms with E-state index in [1.54, 1.807) is 35.2 Å². The molecule has 0 radical (unpaired) electrons. The number of carbonyl (C=O) groups is 2. The van der Waals surface area contributed by atoms with E-state index in [1.165, 1.54) is 18.7 Å². The molecule has 0 N–H and O–H groups in total. The van der Waals surface area contributed by atoms with Crippen molar-refractivity contribution >= 4 is 23.8 Å². The van der Waals surface area contributed by atoms with E-state index in [0.29, 0.717) is 12.2 Å². The van der Waals surface area contributed by atoms with Crippen LogP contribution < -0.4 is 0 Å². The molecular weight excluding hydrogens is 584 g/mol. The molecule has 4 heterocycles. The van der Waals surface area contributed by atoms with Gasteiger partial charge >= 0.3 is 6.16 Å². The predicted octanol–water partition coefficient (Wildman–Crippen LogP) is 4.67. The van der Waals surface area contributed by atoms with Crippen molar-refractivity contribution in [3.63, 3.8) is 0 Å². The first-order chi connectivity index (χ1) is 20.9. The topological polar surface area (TPSA) is 90.0 Å². The molecule has 10 nitrogen and oxygen atoms in total. The van der Waals surface area contributed by atoms with Gasteiger partial charge in [0.2, 0.25) is 6.29 Å². The first kappa shape index (κ1) is 29.4. The third kappa shape index (κ3) is 5.57. The Morgan fingerprint density at radius 2 is 2.00 bits per heavy atom. The maximum Gasteiger partial charge on any atom is 0.511 e. The van der Waals surface area contributed by atoms with E-state index in [-0.39, 0.29) is 61.7 Å². The summed E-state index contributed by atoms with van der Waals surface area (Å²) in [6, 6.07) is 9.82. The normalized spacial score (nSPS) is 25.2. The number of fused-ring (bicyclic) bond motifs is 4. The van der Waals surface area contributed by atoms with E-state index in [9.17, 15) is 14.0 Å². The Morgan fingerprint density at radius 1 is 1.16 bits per heavy atom. The fourth-order valence-electron chi connectivity index (χ4n) is 5.72. The molecule has 228 valence electrons. The standard InChI is InChI=1S/C30H31F2N3O7S/c1-3-40-30(37)42-18(2)41-23-15-38-13-6-11-34-28(23)29(36)33-12-14-39-16-25(33)35(34)27-19-9-10-22(31)26(32)21(19)17-43-24-8-5-4-7-20(24)27/h4-11,18,25,27H,3,12-17H2,1-2H3/b11-6-,28-23+/t18?,25-,27+/m1/s1. The second-order valence-corrected chi connectivity index (χ2v) is 11.1. The van der Waals surface area contributed by atoms with Crippen molar-refractivity contribution in [3.05, 3.63) is 88.5 Å². The molecule has 1 unspecified atom stereocenters. The molecular formula is C30H31F2N3O7S. The Morgan fingerprint density at radius 3 is 2.84 bits per heavy atom. The summed E-state index contributed by atoms with van der Waals surface area (Å²) in [6.07, 6.45) is 0.864. The fraction of sp³-hybridized carbons (Fsp3) is 0.400. The van der Waals surface area contributed by atoms with Crippen LogP contribution in [0, 0.1) is 11.6 Å². The number of ether oxygens (including phenoxy) is 5. The van der Waals surface area contributed by atoms with Crippen molar-refractivity contribution in [2.45, 2.75) is 43.0 Å². The summed E-state index contributed by atoms with van der Waals surface area (Å²) in [5.41, 5.74) is 1.84. The van der Waals surface area contributed by atoms with Gasteiger partial charge in [0.25, 0.3) is 5.91 Å². The van der Waals surface area contributed by atoms with Crippen molar-refractivity contribution in [1.82, 2.24) is 14.9 Å². The molecule has 0 aliphatic carbocycles. The van der Waals surface area contributed by atoms with Gasteiger partial charge in [-0.05, 0) is 36.3 Å². The van der Waals surface area contributed by atoms with Crippen molar-refractivity contribution in [1.29, 1.82) is 0 Å². The number of hydrogen-bond donors (Lipinski definition) is 0. The first-order valence-corrected chi connectivity index (χ1v) is 15.0. The Bertz CT molecular complexity index is 1470. The summed E-state index contributed by atoms with van der Waals surface area (Å²) in [7, 11) is 0. The van der Waals surface area contributed by atoms with E-state index in [2.05, 4.69) is 0 Å². The van der Waals surface area contributed by atoms with E-state index < -0.39 is 36.3 Å². The lowest BCUT2D eigenvalue weighted by Gasteiger charge is -2.54. The molecule has 2 fully saturated rings. The fourth-order valence-corrected chi connectivity index (χ4v) is 6.83. The molecule has 2 saturated heterocycles. The Kier molecular flexibility index (Phi) is 8.57. The first-order valence-electron chi connectivity index (χ1n) is 14.0. The number of nitrogens with zero attached hydrogens (tertiary/aromatic N) is 3. The molecule has 4 aliphatic heterocycles. The monoisotopic (exact) mass is 615 g/mol. The van der Waals surface area contributed by atoms with Gasteiger partial charge in [0.15, 0.2) is 23.1 Å². The van der Waals surface area contributed by atoms with Gasteiger partial charge in [0.1, 0.15) is 12.8 Å². The molecule has 2 aromatic carbocycles. The smallest absolute Gasteiger partial charge is 0.454 e. The van der Waals surface area contributed by atoms with Crippen LogP contribution >= 0.6 is 11.8 Å². The number of benzene rings is 2. The zero-order chi connectivity index (χ0) is 30.1. The summed E-state index contributed by atoms with van der Waals surface area (Å²) >= 11 is 1.43. The average Bonchev–Trinajstić information content (AvgIpc) is 3.15. The molecule has 4 aliphatic rings. The zero-order valence-corrected chi connectivity index (χ0v) is 24.5. The average molecular weight is 616 g/mol.